The van der Waals surface area contributed by atoms with Gasteiger partial charge >= 0.3 is 0 Å². The Morgan fingerprint density at radius 1 is 1.50 bits per heavy atom. The molecule has 1 aliphatic rings. The molecule has 1 aromatic rings. The van der Waals surface area contributed by atoms with Crippen LogP contribution in [0.15, 0.2) is 15.5 Å². The first-order valence-electron chi connectivity index (χ1n) is 7.63. The molecule has 1 fully saturated rings. The lowest BCUT2D eigenvalue weighted by Crippen LogP contribution is -2.25. The highest BCUT2D eigenvalue weighted by atomic mass is 79.9. The van der Waals surface area contributed by atoms with Crippen molar-refractivity contribution in [2.45, 2.75) is 52.5 Å². The first-order valence-corrected chi connectivity index (χ1v) is 8.42. The van der Waals surface area contributed by atoms with Crippen molar-refractivity contribution < 1.29 is 0 Å². The van der Waals surface area contributed by atoms with Crippen molar-refractivity contribution in [2.24, 2.45) is 11.8 Å². The molecular weight excluding hydrogens is 318 g/mol. The zero-order valence-corrected chi connectivity index (χ0v) is 13.9. The third kappa shape index (κ3) is 3.62. The van der Waals surface area contributed by atoms with Gasteiger partial charge in [-0.1, -0.05) is 33.1 Å². The predicted octanol–water partition coefficient (Wildman–Crippen LogP) is 3.65. The minimum absolute atomic E-state index is 0.0390. The second-order valence-electron chi connectivity index (χ2n) is 5.80. The minimum Gasteiger partial charge on any atom is -0.382 e. The first-order chi connectivity index (χ1) is 9.63. The highest BCUT2D eigenvalue weighted by molar-refractivity contribution is 9.10. The van der Waals surface area contributed by atoms with Crippen molar-refractivity contribution in [3.8, 4) is 0 Å². The maximum Gasteiger partial charge on any atom is 0.283 e. The quantitative estimate of drug-likeness (QED) is 0.858. The van der Waals surface area contributed by atoms with Crippen molar-refractivity contribution in [3.63, 3.8) is 0 Å². The topological polar surface area (TPSA) is 46.9 Å². The summed E-state index contributed by atoms with van der Waals surface area (Å²) in [7, 11) is 0. The molecule has 0 radical (unpaired) electrons. The highest BCUT2D eigenvalue weighted by Gasteiger charge is 2.23. The molecule has 0 saturated heterocycles. The van der Waals surface area contributed by atoms with Gasteiger partial charge in [0.1, 0.15) is 4.47 Å². The second-order valence-corrected chi connectivity index (χ2v) is 6.60. The number of rotatable bonds is 6. The molecule has 1 heterocycles. The van der Waals surface area contributed by atoms with Gasteiger partial charge in [-0.2, -0.15) is 5.10 Å². The van der Waals surface area contributed by atoms with E-state index >= 15 is 0 Å². The molecule has 2 atom stereocenters. The minimum atomic E-state index is -0.0390. The maximum absolute atomic E-state index is 12.2. The predicted molar refractivity (Wildman–Crippen MR) is 86.1 cm³/mol. The molecule has 20 heavy (non-hydrogen) atoms. The van der Waals surface area contributed by atoms with Crippen LogP contribution in [0, 0.1) is 11.8 Å². The molecule has 0 aromatic carbocycles. The molecule has 0 amide bonds. The lowest BCUT2D eigenvalue weighted by Gasteiger charge is -2.17. The van der Waals surface area contributed by atoms with Crippen LogP contribution >= 0.6 is 15.9 Å². The van der Waals surface area contributed by atoms with Gasteiger partial charge in [0.2, 0.25) is 0 Å². The molecule has 0 bridgehead atoms. The van der Waals surface area contributed by atoms with E-state index < -0.39 is 0 Å². The van der Waals surface area contributed by atoms with Crippen LogP contribution in [0.1, 0.15) is 46.0 Å². The second kappa shape index (κ2) is 7.25. The molecule has 4 nitrogen and oxygen atoms in total. The SMILES string of the molecule is CCCCn1ncc(NCC2CCCC2C)c(Br)c1=O. The maximum atomic E-state index is 12.2. The summed E-state index contributed by atoms with van der Waals surface area (Å²) in [5, 5.41) is 7.64. The Hall–Kier alpha value is -0.840. The normalized spacial score (nSPS) is 22.1. The van der Waals surface area contributed by atoms with Gasteiger partial charge in [-0.05, 0) is 40.6 Å². The Labute approximate surface area is 129 Å². The number of nitrogens with zero attached hydrogens (tertiary/aromatic N) is 2. The van der Waals surface area contributed by atoms with Crippen LogP contribution in [0.3, 0.4) is 0 Å². The van der Waals surface area contributed by atoms with Gasteiger partial charge in [0.05, 0.1) is 11.9 Å². The summed E-state index contributed by atoms with van der Waals surface area (Å²) in [5.74, 6) is 1.49. The van der Waals surface area contributed by atoms with Crippen LogP contribution in [-0.2, 0) is 6.54 Å². The molecule has 2 unspecified atom stereocenters. The number of unbranched alkanes of at least 4 members (excludes halogenated alkanes) is 1. The third-order valence-corrected chi connectivity index (χ3v) is 5.07. The fraction of sp³-hybridized carbons (Fsp3) is 0.733. The summed E-state index contributed by atoms with van der Waals surface area (Å²) in [6.45, 7) is 6.04. The van der Waals surface area contributed by atoms with Crippen LogP contribution in [0.25, 0.3) is 0 Å². The highest BCUT2D eigenvalue weighted by Crippen LogP contribution is 2.31. The van der Waals surface area contributed by atoms with Gasteiger partial charge in [0.25, 0.3) is 5.56 Å². The third-order valence-electron chi connectivity index (χ3n) is 4.30. The Balaban J connectivity index is 2.01. The van der Waals surface area contributed by atoms with Crippen molar-refractivity contribution >= 4 is 21.6 Å². The fourth-order valence-electron chi connectivity index (χ4n) is 2.82. The van der Waals surface area contributed by atoms with Crippen molar-refractivity contribution in [1.29, 1.82) is 0 Å². The van der Waals surface area contributed by atoms with E-state index in [-0.39, 0.29) is 5.56 Å². The van der Waals surface area contributed by atoms with E-state index in [1.807, 2.05) is 0 Å². The van der Waals surface area contributed by atoms with Crippen LogP contribution in [-0.4, -0.2) is 16.3 Å². The van der Waals surface area contributed by atoms with Crippen LogP contribution in [0.4, 0.5) is 5.69 Å². The number of anilines is 1. The smallest absolute Gasteiger partial charge is 0.283 e. The van der Waals surface area contributed by atoms with E-state index in [9.17, 15) is 4.79 Å². The van der Waals surface area contributed by atoms with Gasteiger partial charge in [0, 0.05) is 13.1 Å². The summed E-state index contributed by atoms with van der Waals surface area (Å²) in [4.78, 5) is 12.2. The molecule has 0 spiro atoms. The van der Waals surface area contributed by atoms with Gasteiger partial charge in [0.15, 0.2) is 0 Å². The zero-order chi connectivity index (χ0) is 14.5. The summed E-state index contributed by atoms with van der Waals surface area (Å²) in [5.41, 5.74) is 0.782. The van der Waals surface area contributed by atoms with E-state index in [0.29, 0.717) is 16.9 Å². The van der Waals surface area contributed by atoms with Crippen LogP contribution in [0.5, 0.6) is 0 Å². The van der Waals surface area contributed by atoms with Gasteiger partial charge in [-0.3, -0.25) is 4.79 Å². The number of hydrogen-bond acceptors (Lipinski definition) is 3. The van der Waals surface area contributed by atoms with E-state index in [1.54, 1.807) is 6.20 Å². The van der Waals surface area contributed by atoms with Gasteiger partial charge < -0.3 is 5.32 Å². The van der Waals surface area contributed by atoms with Crippen LogP contribution < -0.4 is 10.9 Å². The Kier molecular flexibility index (Phi) is 5.64. The average Bonchev–Trinajstić information content (AvgIpc) is 2.85. The number of aromatic nitrogens is 2. The number of nitrogens with one attached hydrogen (secondary N) is 1. The Morgan fingerprint density at radius 2 is 2.30 bits per heavy atom. The fourth-order valence-corrected chi connectivity index (χ4v) is 3.27. The average molecular weight is 342 g/mol. The molecule has 5 heteroatoms. The monoisotopic (exact) mass is 341 g/mol. The lowest BCUT2D eigenvalue weighted by atomic mass is 9.98. The number of aryl methyl sites for hydroxylation is 1. The molecule has 1 aromatic heterocycles. The molecular formula is C15H24BrN3O. The number of halogens is 1. The van der Waals surface area contributed by atoms with Crippen molar-refractivity contribution in [2.75, 3.05) is 11.9 Å². The van der Waals surface area contributed by atoms with E-state index in [0.717, 1.165) is 31.0 Å². The standard InChI is InChI=1S/C15H24BrN3O/c1-3-4-8-19-15(20)14(16)13(10-18-19)17-9-12-7-5-6-11(12)2/h10-12,17H,3-9H2,1-2H3. The largest absolute Gasteiger partial charge is 0.382 e. The van der Waals surface area contributed by atoms with Crippen molar-refractivity contribution in [1.82, 2.24) is 9.78 Å². The Bertz CT molecular complexity index is 500. The molecule has 112 valence electrons. The number of hydrogen-bond donors (Lipinski definition) is 1. The summed E-state index contributed by atoms with van der Waals surface area (Å²) in [6.07, 6.45) is 7.74. The van der Waals surface area contributed by atoms with E-state index in [4.69, 9.17) is 0 Å². The molecule has 2 rings (SSSR count). The van der Waals surface area contributed by atoms with Gasteiger partial charge in [-0.15, -0.1) is 0 Å². The van der Waals surface area contributed by atoms with Crippen LogP contribution in [0.2, 0.25) is 0 Å². The lowest BCUT2D eigenvalue weighted by molar-refractivity contribution is 0.439. The zero-order valence-electron chi connectivity index (χ0n) is 12.4. The molecule has 1 saturated carbocycles. The van der Waals surface area contributed by atoms with E-state index in [2.05, 4.69) is 40.2 Å². The summed E-state index contributed by atoms with van der Waals surface area (Å²) in [6, 6.07) is 0. The van der Waals surface area contributed by atoms with Crippen molar-refractivity contribution in [3.05, 3.63) is 21.0 Å². The Morgan fingerprint density at radius 3 is 2.95 bits per heavy atom. The first kappa shape index (κ1) is 15.5. The summed E-state index contributed by atoms with van der Waals surface area (Å²) >= 11 is 3.41. The van der Waals surface area contributed by atoms with Gasteiger partial charge in [-0.25, -0.2) is 4.68 Å². The van der Waals surface area contributed by atoms with E-state index in [1.165, 1.54) is 23.9 Å². The molecule has 1 N–H and O–H groups in total. The molecule has 0 aliphatic heterocycles. The molecule has 1 aliphatic carbocycles. The summed E-state index contributed by atoms with van der Waals surface area (Å²) < 4.78 is 2.14.